The second-order valence-electron chi connectivity index (χ2n) is 4.41. The van der Waals surface area contributed by atoms with Crippen molar-refractivity contribution in [3.05, 3.63) is 41.2 Å². The van der Waals surface area contributed by atoms with E-state index in [4.69, 9.17) is 9.29 Å². The number of rotatable bonds is 5. The van der Waals surface area contributed by atoms with Gasteiger partial charge in [-0.05, 0) is 38.5 Å². The van der Waals surface area contributed by atoms with Gasteiger partial charge in [-0.1, -0.05) is 17.7 Å². The van der Waals surface area contributed by atoms with Gasteiger partial charge < -0.3 is 14.4 Å². The van der Waals surface area contributed by atoms with Gasteiger partial charge in [0.05, 0.1) is 6.61 Å². The number of benzene rings is 1. The molecule has 0 amide bonds. The molecule has 0 aliphatic carbocycles. The summed E-state index contributed by atoms with van der Waals surface area (Å²) in [5.41, 5.74) is 1.41. The van der Waals surface area contributed by atoms with Crippen molar-refractivity contribution in [3.63, 3.8) is 0 Å². The van der Waals surface area contributed by atoms with Crippen LogP contribution in [0.4, 0.5) is 0 Å². The number of aryl methyl sites for hydroxylation is 1. The highest BCUT2D eigenvalue weighted by Crippen LogP contribution is 2.20. The largest absolute Gasteiger partial charge is 0.393 e. The van der Waals surface area contributed by atoms with Gasteiger partial charge in [-0.2, -0.15) is 8.42 Å². The van der Waals surface area contributed by atoms with E-state index in [0.29, 0.717) is 5.57 Å². The molecular formula is C13H18O5S. The molecule has 6 heteroatoms. The minimum atomic E-state index is -4.01. The van der Waals surface area contributed by atoms with Crippen LogP contribution in [0, 0.1) is 6.92 Å². The first-order valence-corrected chi connectivity index (χ1v) is 7.16. The fourth-order valence-corrected chi connectivity index (χ4v) is 2.51. The molecule has 0 fully saturated rings. The Kier molecular flexibility index (Phi) is 5.11. The molecule has 0 aliphatic rings. The molecule has 0 saturated carbocycles. The Morgan fingerprint density at radius 2 is 1.79 bits per heavy atom. The van der Waals surface area contributed by atoms with E-state index in [1.807, 2.05) is 6.92 Å². The van der Waals surface area contributed by atoms with Gasteiger partial charge in [0.25, 0.3) is 0 Å². The maximum atomic E-state index is 12.0. The lowest BCUT2D eigenvalue weighted by atomic mass is 10.2. The molecule has 0 bridgehead atoms. The first-order chi connectivity index (χ1) is 8.77. The average Bonchev–Trinajstić information content (AvgIpc) is 2.35. The number of hydrogen-bond acceptors (Lipinski definition) is 5. The number of aliphatic hydroxyl groups excluding tert-OH is 2. The van der Waals surface area contributed by atoms with E-state index in [-0.39, 0.29) is 10.7 Å². The third kappa shape index (κ3) is 4.05. The minimum Gasteiger partial charge on any atom is -0.393 e. The number of allylic oxidation sites excluding steroid dienone is 1. The monoisotopic (exact) mass is 286 g/mol. The molecule has 1 aromatic rings. The molecule has 0 unspecified atom stereocenters. The van der Waals surface area contributed by atoms with Gasteiger partial charge in [0.2, 0.25) is 0 Å². The van der Waals surface area contributed by atoms with Crippen LogP contribution in [0.3, 0.4) is 0 Å². The van der Waals surface area contributed by atoms with E-state index in [1.54, 1.807) is 26.0 Å². The quantitative estimate of drug-likeness (QED) is 0.630. The van der Waals surface area contributed by atoms with Crippen LogP contribution in [0.1, 0.15) is 19.4 Å². The van der Waals surface area contributed by atoms with Crippen LogP contribution >= 0.6 is 0 Å². The lowest BCUT2D eigenvalue weighted by Crippen LogP contribution is -2.21. The molecule has 19 heavy (non-hydrogen) atoms. The summed E-state index contributed by atoms with van der Waals surface area (Å²) >= 11 is 0. The molecule has 0 aromatic heterocycles. The molecule has 0 radical (unpaired) electrons. The Labute approximate surface area is 113 Å². The minimum absolute atomic E-state index is 0.00184. The Bertz CT molecular complexity index is 553. The Morgan fingerprint density at radius 3 is 2.21 bits per heavy atom. The van der Waals surface area contributed by atoms with E-state index in [1.165, 1.54) is 12.1 Å². The molecule has 0 saturated heterocycles. The zero-order valence-electron chi connectivity index (χ0n) is 11.1. The Hall–Kier alpha value is -1.37. The average molecular weight is 286 g/mol. The van der Waals surface area contributed by atoms with E-state index < -0.39 is 22.8 Å². The third-order valence-electron chi connectivity index (χ3n) is 2.48. The summed E-state index contributed by atoms with van der Waals surface area (Å²) in [7, 11) is -4.01. The van der Waals surface area contributed by atoms with Gasteiger partial charge in [-0.3, -0.25) is 0 Å². The molecule has 2 N–H and O–H groups in total. The van der Waals surface area contributed by atoms with Crippen molar-refractivity contribution in [2.45, 2.75) is 31.8 Å². The Morgan fingerprint density at radius 1 is 1.26 bits per heavy atom. The van der Waals surface area contributed by atoms with Crippen LogP contribution in [0.15, 0.2) is 40.5 Å². The van der Waals surface area contributed by atoms with Gasteiger partial charge in [0.15, 0.2) is 0 Å². The van der Waals surface area contributed by atoms with Crippen LogP contribution in [-0.2, 0) is 14.3 Å². The molecule has 0 spiro atoms. The molecule has 1 rings (SSSR count). The van der Waals surface area contributed by atoms with Crippen LogP contribution in [0.5, 0.6) is 0 Å². The van der Waals surface area contributed by atoms with E-state index >= 15 is 0 Å². The number of aliphatic hydroxyl groups is 2. The van der Waals surface area contributed by atoms with Gasteiger partial charge in [0.1, 0.15) is 16.8 Å². The summed E-state index contributed by atoms with van der Waals surface area (Å²) in [4.78, 5) is 0.00184. The van der Waals surface area contributed by atoms with Crippen molar-refractivity contribution < 1.29 is 22.8 Å². The highest BCUT2D eigenvalue weighted by molar-refractivity contribution is 7.86. The van der Waals surface area contributed by atoms with Gasteiger partial charge in [-0.15, -0.1) is 0 Å². The van der Waals surface area contributed by atoms with Crippen LogP contribution in [0.25, 0.3) is 0 Å². The second-order valence-corrected chi connectivity index (χ2v) is 5.96. The SMILES string of the molecule is CC(C)=C(OS(=O)(=O)c1ccc(C)cc1)[C@H](O)CO. The van der Waals surface area contributed by atoms with Gasteiger partial charge in [-0.25, -0.2) is 0 Å². The van der Waals surface area contributed by atoms with Crippen molar-refractivity contribution >= 4 is 10.1 Å². The van der Waals surface area contributed by atoms with Crippen LogP contribution in [-0.4, -0.2) is 31.3 Å². The van der Waals surface area contributed by atoms with Crippen molar-refractivity contribution in [1.29, 1.82) is 0 Å². The van der Waals surface area contributed by atoms with Gasteiger partial charge in [0, 0.05) is 0 Å². The highest BCUT2D eigenvalue weighted by Gasteiger charge is 2.23. The van der Waals surface area contributed by atoms with Gasteiger partial charge >= 0.3 is 10.1 Å². The topological polar surface area (TPSA) is 83.8 Å². The van der Waals surface area contributed by atoms with Crippen LogP contribution < -0.4 is 0 Å². The van der Waals surface area contributed by atoms with Crippen molar-refractivity contribution in [1.82, 2.24) is 0 Å². The number of hydrogen-bond donors (Lipinski definition) is 2. The summed E-state index contributed by atoms with van der Waals surface area (Å²) in [6, 6.07) is 6.17. The lowest BCUT2D eigenvalue weighted by Gasteiger charge is -2.16. The lowest BCUT2D eigenvalue weighted by molar-refractivity contribution is 0.0919. The van der Waals surface area contributed by atoms with Crippen molar-refractivity contribution in [2.75, 3.05) is 6.61 Å². The standard InChI is InChI=1S/C13H18O5S/c1-9(2)13(12(15)8-14)18-19(16,17)11-6-4-10(3)5-7-11/h4-7,12,14-15H,8H2,1-3H3/t12-/m1/s1. The van der Waals surface area contributed by atoms with E-state index in [9.17, 15) is 13.5 Å². The van der Waals surface area contributed by atoms with E-state index in [0.717, 1.165) is 5.56 Å². The Balaban J connectivity index is 3.09. The third-order valence-corrected chi connectivity index (χ3v) is 3.73. The molecule has 0 aliphatic heterocycles. The fourth-order valence-electron chi connectivity index (χ4n) is 1.43. The summed E-state index contributed by atoms with van der Waals surface area (Å²) in [6.45, 7) is 4.43. The molecule has 5 nitrogen and oxygen atoms in total. The summed E-state index contributed by atoms with van der Waals surface area (Å²) in [5, 5.41) is 18.4. The fraction of sp³-hybridized carbons (Fsp3) is 0.385. The molecule has 0 heterocycles. The summed E-state index contributed by atoms with van der Waals surface area (Å²) < 4.78 is 29.0. The second kappa shape index (κ2) is 6.18. The van der Waals surface area contributed by atoms with Crippen LogP contribution in [0.2, 0.25) is 0 Å². The maximum Gasteiger partial charge on any atom is 0.338 e. The highest BCUT2D eigenvalue weighted by atomic mass is 32.2. The maximum absolute atomic E-state index is 12.0. The normalized spacial score (nSPS) is 12.9. The molecule has 1 atom stereocenters. The predicted octanol–water partition coefficient (Wildman–Crippen LogP) is 1.35. The molecule has 106 valence electrons. The van der Waals surface area contributed by atoms with Crippen molar-refractivity contribution in [2.24, 2.45) is 0 Å². The molecule has 1 aromatic carbocycles. The first-order valence-electron chi connectivity index (χ1n) is 5.75. The zero-order valence-corrected chi connectivity index (χ0v) is 11.9. The molecular weight excluding hydrogens is 268 g/mol. The smallest absolute Gasteiger partial charge is 0.338 e. The summed E-state index contributed by atoms with van der Waals surface area (Å²) in [6.07, 6.45) is -1.36. The summed E-state index contributed by atoms with van der Waals surface area (Å²) in [5.74, 6) is -0.150. The van der Waals surface area contributed by atoms with E-state index in [2.05, 4.69) is 0 Å². The predicted molar refractivity (Wildman–Crippen MR) is 70.9 cm³/mol. The first kappa shape index (κ1) is 15.7. The van der Waals surface area contributed by atoms with Crippen molar-refractivity contribution in [3.8, 4) is 0 Å². The zero-order chi connectivity index (χ0) is 14.6.